The van der Waals surface area contributed by atoms with Crippen LogP contribution >= 0.6 is 34.4 Å². The van der Waals surface area contributed by atoms with Crippen molar-refractivity contribution in [1.29, 1.82) is 0 Å². The highest BCUT2D eigenvalue weighted by molar-refractivity contribution is 14.1. The minimum Gasteiger partial charge on any atom is -0.464 e. The third-order valence-corrected chi connectivity index (χ3v) is 4.90. The van der Waals surface area contributed by atoms with Crippen LogP contribution in [-0.2, 0) is 14.3 Å². The molecule has 0 saturated carbocycles. The fourth-order valence-electron chi connectivity index (χ4n) is 1.92. The molecule has 1 aliphatic rings. The van der Waals surface area contributed by atoms with Crippen molar-refractivity contribution in [2.45, 2.75) is 19.9 Å². The summed E-state index contributed by atoms with van der Waals surface area (Å²) in [5, 5.41) is -0.456. The molecule has 1 heterocycles. The Morgan fingerprint density at radius 3 is 2.73 bits per heavy atom. The Morgan fingerprint density at radius 1 is 1.41 bits per heavy atom. The average molecular weight is 431 g/mol. The maximum atomic E-state index is 12.4. The third kappa shape index (κ3) is 3.52. The SMILES string of the molecule is CCOC(=O)[C@H](C)N1C(=O)S/C(=C/c2ccccc2I)C1=O. The van der Waals surface area contributed by atoms with Crippen LogP contribution in [0.2, 0.25) is 0 Å². The highest BCUT2D eigenvalue weighted by Gasteiger charge is 2.41. The van der Waals surface area contributed by atoms with Crippen LogP contribution in [0.25, 0.3) is 6.08 Å². The van der Waals surface area contributed by atoms with E-state index in [1.165, 1.54) is 6.92 Å². The van der Waals surface area contributed by atoms with Gasteiger partial charge in [-0.25, -0.2) is 4.79 Å². The van der Waals surface area contributed by atoms with Crippen LogP contribution in [-0.4, -0.2) is 34.7 Å². The molecule has 0 aromatic heterocycles. The highest BCUT2D eigenvalue weighted by atomic mass is 127. The molecule has 2 rings (SSSR count). The Hall–Kier alpha value is -1.35. The van der Waals surface area contributed by atoms with Gasteiger partial charge in [-0.2, -0.15) is 0 Å². The minimum atomic E-state index is -0.923. The normalized spacial score (nSPS) is 18.0. The summed E-state index contributed by atoms with van der Waals surface area (Å²) in [5.74, 6) is -1.05. The number of amides is 2. The summed E-state index contributed by atoms with van der Waals surface area (Å²) in [6.07, 6.45) is 1.67. The number of rotatable bonds is 4. The lowest BCUT2D eigenvalue weighted by molar-refractivity contribution is -0.150. The van der Waals surface area contributed by atoms with Crippen LogP contribution in [0, 0.1) is 3.57 Å². The number of nitrogens with zero attached hydrogens (tertiary/aromatic N) is 1. The van der Waals surface area contributed by atoms with Crippen molar-refractivity contribution in [3.05, 3.63) is 38.3 Å². The maximum Gasteiger partial charge on any atom is 0.329 e. The van der Waals surface area contributed by atoms with Gasteiger partial charge < -0.3 is 4.74 Å². The molecule has 1 aliphatic heterocycles. The first-order chi connectivity index (χ1) is 10.5. The minimum absolute atomic E-state index is 0.206. The van der Waals surface area contributed by atoms with Crippen molar-refractivity contribution in [3.8, 4) is 0 Å². The van der Waals surface area contributed by atoms with Gasteiger partial charge in [0.25, 0.3) is 11.1 Å². The number of carbonyl (C=O) groups is 3. The number of halogens is 1. The van der Waals surface area contributed by atoms with E-state index >= 15 is 0 Å². The number of carbonyl (C=O) groups excluding carboxylic acids is 3. The molecule has 22 heavy (non-hydrogen) atoms. The van der Waals surface area contributed by atoms with E-state index in [1.54, 1.807) is 13.0 Å². The maximum absolute atomic E-state index is 12.4. The van der Waals surface area contributed by atoms with E-state index in [1.807, 2.05) is 24.3 Å². The summed E-state index contributed by atoms with van der Waals surface area (Å²) in [6.45, 7) is 3.37. The van der Waals surface area contributed by atoms with E-state index in [-0.39, 0.29) is 6.61 Å². The molecule has 1 fully saturated rings. The standard InChI is InChI=1S/C15H14INO4S/c1-3-21-14(19)9(2)17-13(18)12(22-15(17)20)8-10-6-4-5-7-11(10)16/h4-9H,3H2,1-2H3/b12-8+/t9-/m0/s1. The number of hydrogen-bond acceptors (Lipinski definition) is 5. The first kappa shape index (κ1) is 17.0. The largest absolute Gasteiger partial charge is 0.464 e. The lowest BCUT2D eigenvalue weighted by Gasteiger charge is -2.19. The molecule has 0 aliphatic carbocycles. The summed E-state index contributed by atoms with van der Waals surface area (Å²) in [7, 11) is 0. The quantitative estimate of drug-likeness (QED) is 0.416. The Morgan fingerprint density at radius 2 is 2.09 bits per heavy atom. The summed E-state index contributed by atoms with van der Waals surface area (Å²) in [4.78, 5) is 37.4. The van der Waals surface area contributed by atoms with Crippen LogP contribution in [0.15, 0.2) is 29.2 Å². The molecule has 7 heteroatoms. The van der Waals surface area contributed by atoms with Crippen LogP contribution in [0.3, 0.4) is 0 Å². The van der Waals surface area contributed by atoms with Gasteiger partial charge in [0.2, 0.25) is 0 Å². The predicted molar refractivity (Wildman–Crippen MR) is 93.1 cm³/mol. The van der Waals surface area contributed by atoms with E-state index in [9.17, 15) is 14.4 Å². The number of imide groups is 1. The summed E-state index contributed by atoms with van der Waals surface area (Å²) in [5.41, 5.74) is 0.859. The van der Waals surface area contributed by atoms with Gasteiger partial charge in [0.15, 0.2) is 0 Å². The lowest BCUT2D eigenvalue weighted by Crippen LogP contribution is -2.42. The molecule has 0 unspecified atom stereocenters. The van der Waals surface area contributed by atoms with E-state index in [2.05, 4.69) is 22.6 Å². The number of ether oxygens (including phenoxy) is 1. The topological polar surface area (TPSA) is 63.7 Å². The molecule has 5 nitrogen and oxygen atoms in total. The second kappa shape index (κ2) is 7.28. The van der Waals surface area contributed by atoms with Gasteiger partial charge in [-0.05, 0) is 65.9 Å². The van der Waals surface area contributed by atoms with Crippen LogP contribution in [0.4, 0.5) is 4.79 Å². The number of thioether (sulfide) groups is 1. The zero-order valence-electron chi connectivity index (χ0n) is 12.0. The van der Waals surface area contributed by atoms with Crippen molar-refractivity contribution < 1.29 is 19.1 Å². The van der Waals surface area contributed by atoms with Gasteiger partial charge in [0.05, 0.1) is 11.5 Å². The van der Waals surface area contributed by atoms with Gasteiger partial charge in [-0.3, -0.25) is 14.5 Å². The van der Waals surface area contributed by atoms with Crippen molar-refractivity contribution in [2.24, 2.45) is 0 Å². The van der Waals surface area contributed by atoms with Crippen molar-refractivity contribution in [1.82, 2.24) is 4.90 Å². The predicted octanol–water partition coefficient (Wildman–Crippen LogP) is 3.28. The van der Waals surface area contributed by atoms with Gasteiger partial charge in [-0.1, -0.05) is 18.2 Å². The Balaban J connectivity index is 2.26. The fraction of sp³-hybridized carbons (Fsp3) is 0.267. The molecule has 0 radical (unpaired) electrons. The second-order valence-corrected chi connectivity index (χ2v) is 6.66. The van der Waals surface area contributed by atoms with E-state index < -0.39 is 23.2 Å². The molecule has 0 spiro atoms. The van der Waals surface area contributed by atoms with Crippen molar-refractivity contribution in [2.75, 3.05) is 6.61 Å². The zero-order valence-corrected chi connectivity index (χ0v) is 15.0. The molecule has 1 atom stereocenters. The van der Waals surface area contributed by atoms with Gasteiger partial charge >= 0.3 is 5.97 Å². The smallest absolute Gasteiger partial charge is 0.329 e. The highest BCUT2D eigenvalue weighted by Crippen LogP contribution is 2.34. The number of benzene rings is 1. The molecule has 0 N–H and O–H groups in total. The van der Waals surface area contributed by atoms with Crippen LogP contribution in [0.5, 0.6) is 0 Å². The summed E-state index contributed by atoms with van der Waals surface area (Å²) in [6, 6.07) is 6.61. The molecular weight excluding hydrogens is 417 g/mol. The van der Waals surface area contributed by atoms with E-state index in [0.29, 0.717) is 4.91 Å². The molecule has 2 amide bonds. The second-order valence-electron chi connectivity index (χ2n) is 4.50. The monoisotopic (exact) mass is 431 g/mol. The van der Waals surface area contributed by atoms with E-state index in [4.69, 9.17) is 4.74 Å². The van der Waals surface area contributed by atoms with Crippen LogP contribution < -0.4 is 0 Å². The summed E-state index contributed by atoms with van der Waals surface area (Å²) >= 11 is 3.00. The van der Waals surface area contributed by atoms with Crippen LogP contribution in [0.1, 0.15) is 19.4 Å². The fourth-order valence-corrected chi connectivity index (χ4v) is 3.36. The van der Waals surface area contributed by atoms with Gasteiger partial charge in [-0.15, -0.1) is 0 Å². The first-order valence-corrected chi connectivity index (χ1v) is 8.53. The molecule has 1 saturated heterocycles. The first-order valence-electron chi connectivity index (χ1n) is 6.64. The lowest BCUT2D eigenvalue weighted by atomic mass is 10.2. The Bertz CT molecular complexity index is 659. The molecule has 1 aromatic carbocycles. The van der Waals surface area contributed by atoms with Gasteiger partial charge in [0, 0.05) is 3.57 Å². The van der Waals surface area contributed by atoms with Gasteiger partial charge in [0.1, 0.15) is 6.04 Å². The number of hydrogen-bond donors (Lipinski definition) is 0. The number of esters is 1. The third-order valence-electron chi connectivity index (χ3n) is 3.03. The Kier molecular flexibility index (Phi) is 5.63. The van der Waals surface area contributed by atoms with E-state index in [0.717, 1.165) is 25.8 Å². The average Bonchev–Trinajstić information content (AvgIpc) is 2.75. The molecule has 116 valence electrons. The van der Waals surface area contributed by atoms with Crippen molar-refractivity contribution >= 4 is 57.5 Å². The van der Waals surface area contributed by atoms with Crippen molar-refractivity contribution in [3.63, 3.8) is 0 Å². The Labute approximate surface area is 146 Å². The molecule has 0 bridgehead atoms. The molecule has 1 aromatic rings. The molecular formula is C15H14INO4S. The zero-order chi connectivity index (χ0) is 16.3. The summed E-state index contributed by atoms with van der Waals surface area (Å²) < 4.78 is 5.85.